The maximum absolute atomic E-state index is 12.7. The number of amidine groups is 1. The van der Waals surface area contributed by atoms with Crippen LogP contribution in [0.4, 0.5) is 13.2 Å². The summed E-state index contributed by atoms with van der Waals surface area (Å²) in [5.74, 6) is -0.603. The van der Waals surface area contributed by atoms with Crippen LogP contribution in [0.5, 0.6) is 0 Å². The van der Waals surface area contributed by atoms with Crippen LogP contribution in [-0.4, -0.2) is 12.0 Å². The maximum atomic E-state index is 12.7. The minimum atomic E-state index is -4.39. The molecule has 7 heteroatoms. The van der Waals surface area contributed by atoms with Crippen LogP contribution in [0.3, 0.4) is 0 Å². The number of hydrogen-bond acceptors (Lipinski definition) is 2. The molecule has 0 fully saturated rings. The van der Waals surface area contributed by atoms with Crippen molar-refractivity contribution in [1.29, 1.82) is 5.41 Å². The molecule has 1 aromatic rings. The maximum Gasteiger partial charge on any atom is 0.412 e. The highest BCUT2D eigenvalue weighted by Crippen LogP contribution is 2.42. The minimum Gasteiger partial charge on any atom is -0.457 e. The Balaban J connectivity index is 2.29. The predicted molar refractivity (Wildman–Crippen MR) is 65.2 cm³/mol. The minimum absolute atomic E-state index is 0.113. The Bertz CT molecular complexity index is 572. The van der Waals surface area contributed by atoms with E-state index in [4.69, 9.17) is 27.2 Å². The molecule has 3 nitrogen and oxygen atoms in total. The number of nitrogens with two attached hydrogens (primary N) is 1. The molecule has 0 amide bonds. The summed E-state index contributed by atoms with van der Waals surface area (Å²) >= 11 is 5.93. The average Bonchev–Trinajstić information content (AvgIpc) is 2.77. The Morgan fingerprint density at radius 2 is 2.05 bits per heavy atom. The van der Waals surface area contributed by atoms with Gasteiger partial charge in [0.15, 0.2) is 11.6 Å². The first-order valence-electron chi connectivity index (χ1n) is 5.36. The van der Waals surface area contributed by atoms with Crippen LogP contribution in [0.25, 0.3) is 0 Å². The summed E-state index contributed by atoms with van der Waals surface area (Å²) in [5, 5.41) is 7.46. The molecule has 0 bridgehead atoms. The van der Waals surface area contributed by atoms with Crippen molar-refractivity contribution in [2.24, 2.45) is 5.73 Å². The SMILES string of the molecule is N=C(N)c1ccc(C2CC(C(F)(F)F)=CC=C2Cl)o1. The van der Waals surface area contributed by atoms with Gasteiger partial charge in [-0.05, 0) is 24.6 Å². The van der Waals surface area contributed by atoms with Gasteiger partial charge in [-0.3, -0.25) is 5.41 Å². The number of furan rings is 1. The number of allylic oxidation sites excluding steroid dienone is 4. The van der Waals surface area contributed by atoms with Gasteiger partial charge in [0.1, 0.15) is 5.76 Å². The molecule has 0 aliphatic heterocycles. The van der Waals surface area contributed by atoms with E-state index in [0.717, 1.165) is 6.08 Å². The van der Waals surface area contributed by atoms with Crippen molar-refractivity contribution in [1.82, 2.24) is 0 Å². The van der Waals surface area contributed by atoms with E-state index in [1.54, 1.807) is 0 Å². The molecule has 1 unspecified atom stereocenters. The number of alkyl halides is 3. The lowest BCUT2D eigenvalue weighted by Crippen LogP contribution is -2.17. The zero-order chi connectivity index (χ0) is 14.2. The lowest BCUT2D eigenvalue weighted by Gasteiger charge is -2.21. The molecule has 1 heterocycles. The van der Waals surface area contributed by atoms with Gasteiger partial charge in [-0.2, -0.15) is 13.2 Å². The molecule has 2 rings (SSSR count). The van der Waals surface area contributed by atoms with Crippen molar-refractivity contribution in [2.75, 3.05) is 0 Å². The summed E-state index contributed by atoms with van der Waals surface area (Å²) < 4.78 is 43.2. The van der Waals surface area contributed by atoms with Crippen molar-refractivity contribution < 1.29 is 17.6 Å². The van der Waals surface area contributed by atoms with Gasteiger partial charge < -0.3 is 10.2 Å². The largest absolute Gasteiger partial charge is 0.457 e. The number of nitrogens with one attached hydrogen (secondary N) is 1. The molecule has 0 spiro atoms. The molecule has 1 aliphatic rings. The van der Waals surface area contributed by atoms with Gasteiger partial charge in [0.25, 0.3) is 0 Å². The molecule has 0 aromatic carbocycles. The Morgan fingerprint density at radius 1 is 1.37 bits per heavy atom. The van der Waals surface area contributed by atoms with Crippen molar-refractivity contribution in [3.63, 3.8) is 0 Å². The van der Waals surface area contributed by atoms with E-state index >= 15 is 0 Å². The van der Waals surface area contributed by atoms with Crippen LogP contribution < -0.4 is 5.73 Å². The molecular weight excluding hydrogens is 281 g/mol. The van der Waals surface area contributed by atoms with Gasteiger partial charge in [-0.1, -0.05) is 17.7 Å². The van der Waals surface area contributed by atoms with Gasteiger partial charge in [-0.15, -0.1) is 0 Å². The standard InChI is InChI=1S/C12H10ClF3N2O/c13-8-2-1-6(12(14,15)16)5-7(8)9-3-4-10(19-9)11(17)18/h1-4,7H,5H2,(H3,17,18). The summed E-state index contributed by atoms with van der Waals surface area (Å²) in [6, 6.07) is 2.92. The van der Waals surface area contributed by atoms with Gasteiger partial charge in [-0.25, -0.2) is 0 Å². The number of rotatable bonds is 2. The van der Waals surface area contributed by atoms with Crippen LogP contribution in [0.15, 0.2) is 39.3 Å². The molecule has 0 radical (unpaired) electrons. The summed E-state index contributed by atoms with van der Waals surface area (Å²) in [5.41, 5.74) is 4.57. The van der Waals surface area contributed by atoms with Crippen molar-refractivity contribution >= 4 is 17.4 Å². The van der Waals surface area contributed by atoms with E-state index in [2.05, 4.69) is 0 Å². The zero-order valence-corrected chi connectivity index (χ0v) is 10.3. The van der Waals surface area contributed by atoms with Gasteiger partial charge in [0.05, 0.1) is 5.92 Å². The monoisotopic (exact) mass is 290 g/mol. The van der Waals surface area contributed by atoms with Crippen molar-refractivity contribution in [2.45, 2.75) is 18.5 Å². The van der Waals surface area contributed by atoms with Crippen molar-refractivity contribution in [3.8, 4) is 0 Å². The normalized spacial score (nSPS) is 19.9. The fourth-order valence-corrected chi connectivity index (χ4v) is 2.06. The Morgan fingerprint density at radius 3 is 2.58 bits per heavy atom. The van der Waals surface area contributed by atoms with Crippen molar-refractivity contribution in [3.05, 3.63) is 46.4 Å². The molecule has 19 heavy (non-hydrogen) atoms. The lowest BCUT2D eigenvalue weighted by atomic mass is 9.91. The first-order valence-corrected chi connectivity index (χ1v) is 5.74. The highest BCUT2D eigenvalue weighted by Gasteiger charge is 2.37. The molecular formula is C12H10ClF3N2O. The molecule has 1 atom stereocenters. The summed E-state index contributed by atoms with van der Waals surface area (Å²) in [6.45, 7) is 0. The summed E-state index contributed by atoms with van der Waals surface area (Å²) in [6.07, 6.45) is -2.49. The topological polar surface area (TPSA) is 63.0 Å². The number of nitrogen functional groups attached to an aromatic ring is 1. The first kappa shape index (κ1) is 13.7. The fourth-order valence-electron chi connectivity index (χ4n) is 1.81. The second-order valence-corrected chi connectivity index (χ2v) is 4.55. The molecule has 0 saturated heterocycles. The quantitative estimate of drug-likeness (QED) is 0.645. The Hall–Kier alpha value is -1.69. The smallest absolute Gasteiger partial charge is 0.412 e. The van der Waals surface area contributed by atoms with Crippen LogP contribution in [0, 0.1) is 5.41 Å². The van der Waals surface area contributed by atoms with Crippen LogP contribution >= 0.6 is 11.6 Å². The lowest BCUT2D eigenvalue weighted by molar-refractivity contribution is -0.0945. The molecule has 0 saturated carbocycles. The van der Waals surface area contributed by atoms with E-state index in [1.165, 1.54) is 18.2 Å². The molecule has 1 aliphatic carbocycles. The summed E-state index contributed by atoms with van der Waals surface area (Å²) in [7, 11) is 0. The first-order chi connectivity index (χ1) is 8.79. The van der Waals surface area contributed by atoms with Crippen LogP contribution in [-0.2, 0) is 0 Å². The van der Waals surface area contributed by atoms with E-state index in [9.17, 15) is 13.2 Å². The second-order valence-electron chi connectivity index (χ2n) is 4.11. The zero-order valence-electron chi connectivity index (χ0n) is 9.59. The highest BCUT2D eigenvalue weighted by molar-refractivity contribution is 6.30. The van der Waals surface area contributed by atoms with E-state index < -0.39 is 17.7 Å². The summed E-state index contributed by atoms with van der Waals surface area (Å²) in [4.78, 5) is 0. The molecule has 102 valence electrons. The highest BCUT2D eigenvalue weighted by atomic mass is 35.5. The Kier molecular flexibility index (Phi) is 3.45. The third-order valence-electron chi connectivity index (χ3n) is 2.80. The Labute approximate surface area is 112 Å². The van der Waals surface area contributed by atoms with E-state index in [-0.39, 0.29) is 28.8 Å². The number of halogens is 4. The van der Waals surface area contributed by atoms with Crippen LogP contribution in [0.2, 0.25) is 0 Å². The predicted octanol–water partition coefficient (Wildman–Crippen LogP) is 3.66. The van der Waals surface area contributed by atoms with E-state index in [1.807, 2.05) is 0 Å². The van der Waals surface area contributed by atoms with Gasteiger partial charge >= 0.3 is 6.18 Å². The van der Waals surface area contributed by atoms with Gasteiger partial charge in [0, 0.05) is 10.6 Å². The third kappa shape index (κ3) is 2.84. The second kappa shape index (κ2) is 4.77. The fraction of sp³-hybridized carbons (Fsp3) is 0.250. The van der Waals surface area contributed by atoms with Gasteiger partial charge in [0.2, 0.25) is 0 Å². The number of hydrogen-bond donors (Lipinski definition) is 2. The molecule has 3 N–H and O–H groups in total. The average molecular weight is 291 g/mol. The van der Waals surface area contributed by atoms with Crippen LogP contribution in [0.1, 0.15) is 23.9 Å². The van der Waals surface area contributed by atoms with E-state index in [0.29, 0.717) is 0 Å². The third-order valence-corrected chi connectivity index (χ3v) is 3.19. The molecule has 1 aromatic heterocycles.